The first-order valence-electron chi connectivity index (χ1n) is 7.57. The van der Waals surface area contributed by atoms with E-state index in [1.54, 1.807) is 0 Å². The molecule has 0 spiro atoms. The van der Waals surface area contributed by atoms with E-state index in [0.29, 0.717) is 22.5 Å². The number of phenolic OH excluding ortho intramolecular Hbond substituents is 1. The van der Waals surface area contributed by atoms with Gasteiger partial charge in [-0.3, -0.25) is 0 Å². The van der Waals surface area contributed by atoms with Crippen molar-refractivity contribution in [3.8, 4) is 5.75 Å². The van der Waals surface area contributed by atoms with Crippen LogP contribution in [0.2, 0.25) is 0 Å². The molecule has 2 bridgehead atoms. The first-order chi connectivity index (χ1) is 8.77. The van der Waals surface area contributed by atoms with Crippen LogP contribution in [0.4, 0.5) is 0 Å². The molecule has 1 nitrogen and oxygen atoms in total. The molecular formula is C18H26O. The van der Waals surface area contributed by atoms with Crippen molar-refractivity contribution < 1.29 is 5.11 Å². The predicted molar refractivity (Wildman–Crippen MR) is 79.6 cm³/mol. The Hall–Kier alpha value is -0.980. The largest absolute Gasteiger partial charge is 0.508 e. The zero-order valence-electron chi connectivity index (χ0n) is 12.9. The van der Waals surface area contributed by atoms with Gasteiger partial charge in [0.2, 0.25) is 0 Å². The summed E-state index contributed by atoms with van der Waals surface area (Å²) in [6, 6.07) is 4.18. The van der Waals surface area contributed by atoms with Gasteiger partial charge in [0.1, 0.15) is 5.75 Å². The number of hydrogen-bond acceptors (Lipinski definition) is 1. The fraction of sp³-hybridized carbons (Fsp3) is 0.667. The Morgan fingerprint density at radius 1 is 1.11 bits per heavy atom. The molecular weight excluding hydrogens is 232 g/mol. The standard InChI is InChI=1S/C18H26O/c1-11-8-14(16(19)9-12(11)2)15-10-13-6-7-18(15,5)17(13,3)4/h8-9,13,15,19H,6-7,10H2,1-5H3. The van der Waals surface area contributed by atoms with Crippen LogP contribution >= 0.6 is 0 Å². The van der Waals surface area contributed by atoms with Crippen LogP contribution in [-0.4, -0.2) is 5.11 Å². The fourth-order valence-electron chi connectivity index (χ4n) is 4.78. The minimum atomic E-state index is 0.344. The highest BCUT2D eigenvalue weighted by atomic mass is 16.3. The second-order valence-corrected chi connectivity index (χ2v) is 7.66. The van der Waals surface area contributed by atoms with E-state index in [2.05, 4.69) is 40.7 Å². The van der Waals surface area contributed by atoms with Gasteiger partial charge in [-0.1, -0.05) is 26.8 Å². The highest BCUT2D eigenvalue weighted by molar-refractivity contribution is 5.45. The number of benzene rings is 1. The van der Waals surface area contributed by atoms with Gasteiger partial charge in [-0.25, -0.2) is 0 Å². The third-order valence-electron chi connectivity index (χ3n) is 6.81. The van der Waals surface area contributed by atoms with Gasteiger partial charge in [-0.2, -0.15) is 0 Å². The molecule has 1 heteroatoms. The molecule has 1 N–H and O–H groups in total. The van der Waals surface area contributed by atoms with Crippen LogP contribution in [0.25, 0.3) is 0 Å². The summed E-state index contributed by atoms with van der Waals surface area (Å²) in [5.74, 6) is 1.86. The van der Waals surface area contributed by atoms with Crippen LogP contribution in [0.5, 0.6) is 5.75 Å². The summed E-state index contributed by atoms with van der Waals surface area (Å²) < 4.78 is 0. The van der Waals surface area contributed by atoms with Gasteiger partial charge in [-0.15, -0.1) is 0 Å². The van der Waals surface area contributed by atoms with Crippen LogP contribution in [0.15, 0.2) is 12.1 Å². The minimum absolute atomic E-state index is 0.344. The number of rotatable bonds is 1. The molecule has 3 rings (SSSR count). The van der Waals surface area contributed by atoms with Crippen LogP contribution < -0.4 is 0 Å². The van der Waals surface area contributed by atoms with Gasteiger partial charge >= 0.3 is 0 Å². The molecule has 0 radical (unpaired) electrons. The van der Waals surface area contributed by atoms with Gasteiger partial charge in [0.25, 0.3) is 0 Å². The Morgan fingerprint density at radius 3 is 2.26 bits per heavy atom. The van der Waals surface area contributed by atoms with Gasteiger partial charge in [-0.05, 0) is 78.5 Å². The van der Waals surface area contributed by atoms with Crippen LogP contribution in [0, 0.1) is 30.6 Å². The normalized spacial score (nSPS) is 35.8. The van der Waals surface area contributed by atoms with E-state index < -0.39 is 0 Å². The predicted octanol–water partition coefficient (Wildman–Crippen LogP) is 4.94. The molecule has 0 amide bonds. The Balaban J connectivity index is 2.08. The number of fused-ring (bicyclic) bond motifs is 2. The zero-order valence-corrected chi connectivity index (χ0v) is 12.9. The van der Waals surface area contributed by atoms with E-state index in [1.165, 1.54) is 36.0 Å². The van der Waals surface area contributed by atoms with Gasteiger partial charge in [0.15, 0.2) is 0 Å². The number of aromatic hydroxyl groups is 1. The fourth-order valence-corrected chi connectivity index (χ4v) is 4.78. The average Bonchev–Trinajstić information content (AvgIpc) is 2.66. The molecule has 2 aliphatic carbocycles. The molecule has 3 unspecified atom stereocenters. The highest BCUT2D eigenvalue weighted by Gasteiger charge is 2.61. The molecule has 0 saturated heterocycles. The smallest absolute Gasteiger partial charge is 0.119 e. The summed E-state index contributed by atoms with van der Waals surface area (Å²) in [6.07, 6.45) is 3.92. The number of aryl methyl sites for hydroxylation is 2. The quantitative estimate of drug-likeness (QED) is 0.756. The lowest BCUT2D eigenvalue weighted by Gasteiger charge is -2.40. The highest BCUT2D eigenvalue weighted by Crippen LogP contribution is 2.71. The van der Waals surface area contributed by atoms with Crippen molar-refractivity contribution >= 4 is 0 Å². The Labute approximate surface area is 117 Å². The SMILES string of the molecule is Cc1cc(O)c(C2CC3CCC2(C)C3(C)C)cc1C. The summed E-state index contributed by atoms with van der Waals surface area (Å²) in [5, 5.41) is 10.4. The first-order valence-corrected chi connectivity index (χ1v) is 7.57. The molecule has 0 aromatic heterocycles. The van der Waals surface area contributed by atoms with Crippen molar-refractivity contribution in [1.29, 1.82) is 0 Å². The van der Waals surface area contributed by atoms with Crippen molar-refractivity contribution in [3.05, 3.63) is 28.8 Å². The van der Waals surface area contributed by atoms with E-state index in [4.69, 9.17) is 0 Å². The average molecular weight is 258 g/mol. The third kappa shape index (κ3) is 1.53. The van der Waals surface area contributed by atoms with Gasteiger partial charge in [0, 0.05) is 0 Å². The van der Waals surface area contributed by atoms with Crippen molar-refractivity contribution in [2.45, 2.75) is 59.8 Å². The summed E-state index contributed by atoms with van der Waals surface area (Å²) >= 11 is 0. The van der Waals surface area contributed by atoms with E-state index in [9.17, 15) is 5.11 Å². The van der Waals surface area contributed by atoms with Crippen LogP contribution in [0.1, 0.15) is 62.6 Å². The maximum Gasteiger partial charge on any atom is 0.119 e. The van der Waals surface area contributed by atoms with E-state index in [0.717, 1.165) is 5.92 Å². The Bertz CT molecular complexity index is 529. The summed E-state index contributed by atoms with van der Waals surface area (Å²) in [6.45, 7) is 11.5. The Kier molecular flexibility index (Phi) is 2.59. The minimum Gasteiger partial charge on any atom is -0.508 e. The lowest BCUT2D eigenvalue weighted by atomic mass is 9.65. The topological polar surface area (TPSA) is 20.2 Å². The van der Waals surface area contributed by atoms with Crippen molar-refractivity contribution in [1.82, 2.24) is 0 Å². The lowest BCUT2D eigenvalue weighted by Crippen LogP contribution is -2.31. The van der Waals surface area contributed by atoms with Crippen molar-refractivity contribution in [2.75, 3.05) is 0 Å². The van der Waals surface area contributed by atoms with E-state index in [-0.39, 0.29) is 0 Å². The molecule has 3 atom stereocenters. The molecule has 2 saturated carbocycles. The van der Waals surface area contributed by atoms with E-state index in [1.807, 2.05) is 6.07 Å². The van der Waals surface area contributed by atoms with Crippen LogP contribution in [-0.2, 0) is 0 Å². The molecule has 2 aliphatic rings. The molecule has 1 aromatic rings. The second kappa shape index (κ2) is 3.77. The van der Waals surface area contributed by atoms with Gasteiger partial charge < -0.3 is 5.11 Å². The number of hydrogen-bond donors (Lipinski definition) is 1. The second-order valence-electron chi connectivity index (χ2n) is 7.66. The van der Waals surface area contributed by atoms with E-state index >= 15 is 0 Å². The van der Waals surface area contributed by atoms with Gasteiger partial charge in [0.05, 0.1) is 0 Å². The Morgan fingerprint density at radius 2 is 1.74 bits per heavy atom. The summed E-state index contributed by atoms with van der Waals surface area (Å²) in [4.78, 5) is 0. The molecule has 19 heavy (non-hydrogen) atoms. The maximum absolute atomic E-state index is 10.4. The zero-order chi connectivity index (χ0) is 14.0. The maximum atomic E-state index is 10.4. The molecule has 0 heterocycles. The van der Waals surface area contributed by atoms with Crippen LogP contribution in [0.3, 0.4) is 0 Å². The van der Waals surface area contributed by atoms with Crippen molar-refractivity contribution in [2.24, 2.45) is 16.7 Å². The molecule has 104 valence electrons. The summed E-state index contributed by atoms with van der Waals surface area (Å²) in [7, 11) is 0. The first kappa shape index (κ1) is 13.0. The molecule has 1 aromatic carbocycles. The summed E-state index contributed by atoms with van der Waals surface area (Å²) in [5.41, 5.74) is 4.44. The molecule has 2 fully saturated rings. The third-order valence-corrected chi connectivity index (χ3v) is 6.81. The molecule has 0 aliphatic heterocycles. The monoisotopic (exact) mass is 258 g/mol. The van der Waals surface area contributed by atoms with Crippen molar-refractivity contribution in [3.63, 3.8) is 0 Å². The lowest BCUT2D eigenvalue weighted by molar-refractivity contribution is 0.133. The number of phenols is 1.